The van der Waals surface area contributed by atoms with Crippen molar-refractivity contribution in [1.29, 1.82) is 0 Å². The van der Waals surface area contributed by atoms with Crippen LogP contribution in [0.1, 0.15) is 34.1 Å². The second-order valence-corrected chi connectivity index (χ2v) is 3.89. The van der Waals surface area contributed by atoms with Gasteiger partial charge in [-0.15, -0.1) is 0 Å². The van der Waals surface area contributed by atoms with Gasteiger partial charge >= 0.3 is 0 Å². The molecule has 0 fully saturated rings. The first-order valence-corrected chi connectivity index (χ1v) is 4.28. The van der Waals surface area contributed by atoms with Crippen LogP contribution in [-0.4, -0.2) is 23.9 Å². The van der Waals surface area contributed by atoms with Gasteiger partial charge in [0.25, 0.3) is 0 Å². The third-order valence-electron chi connectivity index (χ3n) is 1.78. The van der Waals surface area contributed by atoms with Gasteiger partial charge in [-0.05, 0) is 34.1 Å². The predicted molar refractivity (Wildman–Crippen MR) is 51.1 cm³/mol. The van der Waals surface area contributed by atoms with Gasteiger partial charge in [0.1, 0.15) is 0 Å². The molecule has 0 aromatic rings. The van der Waals surface area contributed by atoms with Crippen molar-refractivity contribution in [3.63, 3.8) is 0 Å². The van der Waals surface area contributed by atoms with E-state index in [1.807, 2.05) is 26.8 Å². The standard InChI is InChI=1S/C10H20O2/c1-8(6-9(2)11)7-10(3,4)12-5/h6,9,11H,7H2,1-5H3. The molecule has 0 rings (SSSR count). The second-order valence-electron chi connectivity index (χ2n) is 3.89. The minimum absolute atomic E-state index is 0.129. The molecule has 0 radical (unpaired) electrons. The third kappa shape index (κ3) is 5.33. The van der Waals surface area contributed by atoms with Crippen LogP contribution < -0.4 is 0 Å². The monoisotopic (exact) mass is 172 g/mol. The average Bonchev–Trinajstić information content (AvgIpc) is 1.84. The van der Waals surface area contributed by atoms with E-state index in [-0.39, 0.29) is 11.7 Å². The normalized spacial score (nSPS) is 16.3. The fourth-order valence-corrected chi connectivity index (χ4v) is 1.21. The summed E-state index contributed by atoms with van der Waals surface area (Å²) in [6.45, 7) is 7.83. The number of hydrogen-bond donors (Lipinski definition) is 1. The van der Waals surface area contributed by atoms with Crippen molar-refractivity contribution >= 4 is 0 Å². The Hall–Kier alpha value is -0.340. The number of hydrogen-bond acceptors (Lipinski definition) is 2. The molecule has 1 atom stereocenters. The van der Waals surface area contributed by atoms with Crippen LogP contribution in [0.2, 0.25) is 0 Å². The van der Waals surface area contributed by atoms with Crippen LogP contribution in [0.4, 0.5) is 0 Å². The lowest BCUT2D eigenvalue weighted by molar-refractivity contribution is 0.0230. The van der Waals surface area contributed by atoms with Crippen LogP contribution in [-0.2, 0) is 4.74 Å². The summed E-state index contributed by atoms with van der Waals surface area (Å²) in [7, 11) is 1.70. The highest BCUT2D eigenvalue weighted by Crippen LogP contribution is 2.18. The van der Waals surface area contributed by atoms with Crippen molar-refractivity contribution in [3.05, 3.63) is 11.6 Å². The molecule has 0 saturated heterocycles. The van der Waals surface area contributed by atoms with Gasteiger partial charge in [0.2, 0.25) is 0 Å². The molecule has 0 bridgehead atoms. The van der Waals surface area contributed by atoms with Gasteiger partial charge in [-0.3, -0.25) is 0 Å². The van der Waals surface area contributed by atoms with Crippen molar-refractivity contribution in [2.45, 2.75) is 45.8 Å². The lowest BCUT2D eigenvalue weighted by Gasteiger charge is -2.23. The maximum Gasteiger partial charge on any atom is 0.0695 e. The van der Waals surface area contributed by atoms with Gasteiger partial charge in [-0.1, -0.05) is 11.6 Å². The Morgan fingerprint density at radius 3 is 2.42 bits per heavy atom. The Labute approximate surface area is 75.2 Å². The molecule has 0 aromatic heterocycles. The molecule has 0 saturated carbocycles. The zero-order valence-electron chi connectivity index (χ0n) is 8.72. The first kappa shape index (κ1) is 11.7. The maximum atomic E-state index is 9.08. The summed E-state index contributed by atoms with van der Waals surface area (Å²) in [4.78, 5) is 0. The molecule has 2 heteroatoms. The number of rotatable bonds is 4. The van der Waals surface area contributed by atoms with E-state index in [9.17, 15) is 0 Å². The van der Waals surface area contributed by atoms with Gasteiger partial charge in [-0.2, -0.15) is 0 Å². The van der Waals surface area contributed by atoms with E-state index in [2.05, 4.69) is 0 Å². The summed E-state index contributed by atoms with van der Waals surface area (Å²) in [6.07, 6.45) is 2.34. The largest absolute Gasteiger partial charge is 0.389 e. The molecular formula is C10H20O2. The van der Waals surface area contributed by atoms with Crippen molar-refractivity contribution in [3.8, 4) is 0 Å². The molecule has 0 amide bonds. The van der Waals surface area contributed by atoms with Crippen molar-refractivity contribution < 1.29 is 9.84 Å². The summed E-state index contributed by atoms with van der Waals surface area (Å²) in [5, 5.41) is 9.08. The fraction of sp³-hybridized carbons (Fsp3) is 0.800. The van der Waals surface area contributed by atoms with E-state index in [4.69, 9.17) is 9.84 Å². The quantitative estimate of drug-likeness (QED) is 0.658. The van der Waals surface area contributed by atoms with Crippen molar-refractivity contribution in [2.24, 2.45) is 0 Å². The molecule has 0 aliphatic rings. The van der Waals surface area contributed by atoms with Crippen LogP contribution in [0.3, 0.4) is 0 Å². The zero-order valence-corrected chi connectivity index (χ0v) is 8.72. The molecule has 0 aliphatic heterocycles. The number of methoxy groups -OCH3 is 1. The third-order valence-corrected chi connectivity index (χ3v) is 1.78. The highest BCUT2D eigenvalue weighted by Gasteiger charge is 2.16. The molecule has 12 heavy (non-hydrogen) atoms. The highest BCUT2D eigenvalue weighted by molar-refractivity contribution is 5.04. The summed E-state index contributed by atoms with van der Waals surface area (Å²) in [6, 6.07) is 0. The molecule has 2 nitrogen and oxygen atoms in total. The molecule has 0 spiro atoms. The number of ether oxygens (including phenoxy) is 1. The fourth-order valence-electron chi connectivity index (χ4n) is 1.21. The number of aliphatic hydroxyl groups excluding tert-OH is 1. The Morgan fingerprint density at radius 1 is 1.58 bits per heavy atom. The van der Waals surface area contributed by atoms with E-state index >= 15 is 0 Å². The van der Waals surface area contributed by atoms with E-state index in [1.54, 1.807) is 14.0 Å². The molecule has 0 heterocycles. The molecule has 1 N–H and O–H groups in total. The van der Waals surface area contributed by atoms with Crippen LogP contribution in [0, 0.1) is 0 Å². The second kappa shape index (κ2) is 4.63. The van der Waals surface area contributed by atoms with Gasteiger partial charge in [0.15, 0.2) is 0 Å². The molecule has 0 aliphatic carbocycles. The Balaban J connectivity index is 4.08. The molecule has 1 unspecified atom stereocenters. The summed E-state index contributed by atoms with van der Waals surface area (Å²) in [5.74, 6) is 0. The lowest BCUT2D eigenvalue weighted by atomic mass is 9.98. The van der Waals surface area contributed by atoms with Gasteiger partial charge < -0.3 is 9.84 Å². The highest BCUT2D eigenvalue weighted by atomic mass is 16.5. The molecule has 72 valence electrons. The van der Waals surface area contributed by atoms with E-state index in [1.165, 1.54) is 0 Å². The average molecular weight is 172 g/mol. The SMILES string of the molecule is COC(C)(C)CC(C)=CC(C)O. The summed E-state index contributed by atoms with van der Waals surface area (Å²) < 4.78 is 5.27. The van der Waals surface area contributed by atoms with E-state index < -0.39 is 0 Å². The Kier molecular flexibility index (Phi) is 4.50. The van der Waals surface area contributed by atoms with E-state index in [0.717, 1.165) is 12.0 Å². The van der Waals surface area contributed by atoms with Crippen LogP contribution in [0.15, 0.2) is 11.6 Å². The first-order valence-electron chi connectivity index (χ1n) is 4.28. The number of aliphatic hydroxyl groups is 1. The Bertz CT molecular complexity index is 157. The van der Waals surface area contributed by atoms with Gasteiger partial charge in [0, 0.05) is 7.11 Å². The van der Waals surface area contributed by atoms with Crippen LogP contribution in [0.5, 0.6) is 0 Å². The van der Waals surface area contributed by atoms with E-state index in [0.29, 0.717) is 0 Å². The topological polar surface area (TPSA) is 29.5 Å². The molecule has 0 aromatic carbocycles. The summed E-state index contributed by atoms with van der Waals surface area (Å²) in [5.41, 5.74) is 1.03. The minimum Gasteiger partial charge on any atom is -0.389 e. The van der Waals surface area contributed by atoms with Gasteiger partial charge in [-0.25, -0.2) is 0 Å². The van der Waals surface area contributed by atoms with Crippen LogP contribution >= 0.6 is 0 Å². The summed E-state index contributed by atoms with van der Waals surface area (Å²) >= 11 is 0. The smallest absolute Gasteiger partial charge is 0.0695 e. The van der Waals surface area contributed by atoms with Crippen molar-refractivity contribution in [2.75, 3.05) is 7.11 Å². The zero-order chi connectivity index (χ0) is 9.78. The van der Waals surface area contributed by atoms with Crippen LogP contribution in [0.25, 0.3) is 0 Å². The first-order chi connectivity index (χ1) is 5.37. The Morgan fingerprint density at radius 2 is 2.08 bits per heavy atom. The molecular weight excluding hydrogens is 152 g/mol. The minimum atomic E-state index is -0.363. The van der Waals surface area contributed by atoms with Crippen molar-refractivity contribution in [1.82, 2.24) is 0 Å². The maximum absolute atomic E-state index is 9.08. The lowest BCUT2D eigenvalue weighted by Crippen LogP contribution is -2.22. The predicted octanol–water partition coefficient (Wildman–Crippen LogP) is 2.13. The van der Waals surface area contributed by atoms with Gasteiger partial charge in [0.05, 0.1) is 11.7 Å².